The van der Waals surface area contributed by atoms with Gasteiger partial charge in [0.25, 0.3) is 10.1 Å². The van der Waals surface area contributed by atoms with Gasteiger partial charge in [0.05, 0.1) is 6.42 Å². The molecule has 0 heterocycles. The first-order chi connectivity index (χ1) is 19.2. The SMILES string of the molecule is CCCCCCCC(CCCCCC)OC(=O)CC(C(=O)OC(CCCCCC)CCCCCCC)S(=O)(=O)O. The number of carbonyl (C=O) groups excluding carboxylic acids is 2. The maximum absolute atomic E-state index is 13.0. The lowest BCUT2D eigenvalue weighted by Gasteiger charge is -2.22. The van der Waals surface area contributed by atoms with E-state index in [2.05, 4.69) is 27.7 Å². The zero-order valence-electron chi connectivity index (χ0n) is 26.3. The smallest absolute Gasteiger partial charge is 0.327 e. The van der Waals surface area contributed by atoms with Crippen LogP contribution in [-0.2, 0) is 29.2 Å². The van der Waals surface area contributed by atoms with Gasteiger partial charge in [0.1, 0.15) is 12.2 Å². The van der Waals surface area contributed by atoms with Gasteiger partial charge in [0.2, 0.25) is 0 Å². The Balaban J connectivity index is 5.21. The summed E-state index contributed by atoms with van der Waals surface area (Å²) in [5.41, 5.74) is 0. The van der Waals surface area contributed by atoms with Gasteiger partial charge in [-0.15, -0.1) is 0 Å². The van der Waals surface area contributed by atoms with Crippen molar-refractivity contribution >= 4 is 22.1 Å². The molecule has 0 aliphatic heterocycles. The molecule has 0 rings (SSSR count). The van der Waals surface area contributed by atoms with Crippen LogP contribution in [0.1, 0.15) is 175 Å². The number of carbonyl (C=O) groups is 2. The van der Waals surface area contributed by atoms with E-state index in [1.807, 2.05) is 0 Å². The van der Waals surface area contributed by atoms with Crippen LogP contribution < -0.4 is 0 Å². The van der Waals surface area contributed by atoms with Crippen LogP contribution in [0.3, 0.4) is 0 Å². The third-order valence-electron chi connectivity index (χ3n) is 7.57. The molecule has 0 amide bonds. The first-order valence-electron chi connectivity index (χ1n) is 16.6. The molecule has 0 bridgehead atoms. The highest BCUT2D eigenvalue weighted by Crippen LogP contribution is 2.21. The van der Waals surface area contributed by atoms with Gasteiger partial charge >= 0.3 is 11.9 Å². The fourth-order valence-electron chi connectivity index (χ4n) is 5.01. The maximum Gasteiger partial charge on any atom is 0.327 e. The molecule has 0 fully saturated rings. The number of hydrogen-bond acceptors (Lipinski definition) is 6. The maximum atomic E-state index is 13.0. The van der Waals surface area contributed by atoms with Gasteiger partial charge in [-0.3, -0.25) is 14.1 Å². The number of unbranched alkanes of at least 4 members (excludes halogenated alkanes) is 14. The number of ether oxygens (including phenoxy) is 2. The summed E-state index contributed by atoms with van der Waals surface area (Å²) in [7, 11) is -4.83. The first-order valence-corrected chi connectivity index (χ1v) is 18.1. The molecule has 0 spiro atoms. The summed E-state index contributed by atoms with van der Waals surface area (Å²) in [6.07, 6.45) is 20.4. The van der Waals surface area contributed by atoms with Gasteiger partial charge in [-0.2, -0.15) is 8.42 Å². The highest BCUT2D eigenvalue weighted by molar-refractivity contribution is 7.87. The topological polar surface area (TPSA) is 107 Å². The van der Waals surface area contributed by atoms with E-state index in [9.17, 15) is 22.6 Å². The molecule has 0 radical (unpaired) electrons. The molecule has 8 heteroatoms. The molecule has 0 aromatic rings. The summed E-state index contributed by atoms with van der Waals surface area (Å²) in [6.45, 7) is 8.59. The molecule has 3 unspecified atom stereocenters. The zero-order chi connectivity index (χ0) is 30.1. The van der Waals surface area contributed by atoms with Gasteiger partial charge in [0, 0.05) is 0 Å². The third kappa shape index (κ3) is 21.6. The lowest BCUT2D eigenvalue weighted by molar-refractivity contribution is -0.156. The number of hydrogen-bond donors (Lipinski definition) is 1. The molecule has 238 valence electrons. The van der Waals surface area contributed by atoms with Crippen LogP contribution in [0.2, 0.25) is 0 Å². The van der Waals surface area contributed by atoms with E-state index in [1.54, 1.807) is 0 Å². The molecule has 0 saturated heterocycles. The Morgan fingerprint density at radius 1 is 0.550 bits per heavy atom. The highest BCUT2D eigenvalue weighted by atomic mass is 32.2. The first kappa shape index (κ1) is 38.9. The summed E-state index contributed by atoms with van der Waals surface area (Å²) in [6, 6.07) is 0. The van der Waals surface area contributed by atoms with E-state index in [1.165, 1.54) is 6.42 Å². The largest absolute Gasteiger partial charge is 0.462 e. The van der Waals surface area contributed by atoms with E-state index in [0.29, 0.717) is 12.8 Å². The summed E-state index contributed by atoms with van der Waals surface area (Å²) in [5, 5.41) is -1.96. The Morgan fingerprint density at radius 3 is 1.23 bits per heavy atom. The van der Waals surface area contributed by atoms with Crippen LogP contribution in [0, 0.1) is 0 Å². The van der Waals surface area contributed by atoms with Crippen molar-refractivity contribution in [2.75, 3.05) is 0 Å². The molecule has 3 atom stereocenters. The predicted molar refractivity (Wildman–Crippen MR) is 164 cm³/mol. The van der Waals surface area contributed by atoms with Crippen molar-refractivity contribution in [3.05, 3.63) is 0 Å². The van der Waals surface area contributed by atoms with Crippen molar-refractivity contribution < 1.29 is 32.0 Å². The van der Waals surface area contributed by atoms with Crippen LogP contribution in [-0.4, -0.2) is 42.4 Å². The lowest BCUT2D eigenvalue weighted by Crippen LogP contribution is -2.37. The van der Waals surface area contributed by atoms with Crippen LogP contribution in [0.4, 0.5) is 0 Å². The predicted octanol–water partition coefficient (Wildman–Crippen LogP) is 9.12. The molecule has 0 aliphatic carbocycles. The van der Waals surface area contributed by atoms with Gasteiger partial charge in [-0.05, 0) is 51.4 Å². The minimum absolute atomic E-state index is 0.307. The van der Waals surface area contributed by atoms with Gasteiger partial charge in [0.15, 0.2) is 5.25 Å². The molecule has 1 N–H and O–H groups in total. The summed E-state index contributed by atoms with van der Waals surface area (Å²) < 4.78 is 45.5. The molecule has 0 aromatic carbocycles. The Morgan fingerprint density at radius 2 is 0.875 bits per heavy atom. The average molecular weight is 591 g/mol. The molecule has 0 aliphatic rings. The number of rotatable bonds is 28. The molecule has 0 saturated carbocycles. The minimum atomic E-state index is -4.83. The zero-order valence-corrected chi connectivity index (χ0v) is 27.1. The van der Waals surface area contributed by atoms with E-state index in [4.69, 9.17) is 9.47 Å². The summed E-state index contributed by atoms with van der Waals surface area (Å²) >= 11 is 0. The van der Waals surface area contributed by atoms with Crippen LogP contribution in [0.15, 0.2) is 0 Å². The quantitative estimate of drug-likeness (QED) is 0.0550. The van der Waals surface area contributed by atoms with Crippen molar-refractivity contribution in [2.24, 2.45) is 0 Å². The van der Waals surface area contributed by atoms with E-state index in [0.717, 1.165) is 122 Å². The van der Waals surface area contributed by atoms with E-state index in [-0.39, 0.29) is 6.10 Å². The second-order valence-corrected chi connectivity index (χ2v) is 13.1. The fraction of sp³-hybridized carbons (Fsp3) is 0.938. The van der Waals surface area contributed by atoms with Crippen molar-refractivity contribution in [1.82, 2.24) is 0 Å². The van der Waals surface area contributed by atoms with Gasteiger partial charge < -0.3 is 9.47 Å². The van der Waals surface area contributed by atoms with Crippen LogP contribution in [0.5, 0.6) is 0 Å². The molecule has 0 aromatic heterocycles. The van der Waals surface area contributed by atoms with Gasteiger partial charge in [-0.25, -0.2) is 0 Å². The summed E-state index contributed by atoms with van der Waals surface area (Å²) in [4.78, 5) is 25.8. The Labute approximate surface area is 246 Å². The van der Waals surface area contributed by atoms with Crippen molar-refractivity contribution in [3.8, 4) is 0 Å². The van der Waals surface area contributed by atoms with Crippen LogP contribution in [0.25, 0.3) is 0 Å². The monoisotopic (exact) mass is 590 g/mol. The average Bonchev–Trinajstić information content (AvgIpc) is 2.90. The standard InChI is InChI=1S/C32H62O7S/c1-5-9-13-17-21-24-28(23-19-15-11-7-3)38-31(33)27-30(40(35,36)37)32(34)39-29(25-20-16-12-8-4)26-22-18-14-10-6-2/h28-30H,5-27H2,1-4H3,(H,35,36,37). The molecular formula is C32H62O7S. The third-order valence-corrected chi connectivity index (χ3v) is 8.65. The Bertz CT molecular complexity index is 723. The highest BCUT2D eigenvalue weighted by Gasteiger charge is 2.37. The molecule has 40 heavy (non-hydrogen) atoms. The number of esters is 2. The lowest BCUT2D eigenvalue weighted by atomic mass is 10.0. The van der Waals surface area contributed by atoms with Crippen molar-refractivity contribution in [2.45, 2.75) is 193 Å². The molecule has 7 nitrogen and oxygen atoms in total. The second-order valence-electron chi connectivity index (χ2n) is 11.5. The van der Waals surface area contributed by atoms with Gasteiger partial charge in [-0.1, -0.05) is 118 Å². The Kier molecular flexibility index (Phi) is 24.8. The van der Waals surface area contributed by atoms with Crippen molar-refractivity contribution in [1.29, 1.82) is 0 Å². The van der Waals surface area contributed by atoms with E-state index < -0.39 is 39.8 Å². The summed E-state index contributed by atoms with van der Waals surface area (Å²) in [5.74, 6) is -1.82. The van der Waals surface area contributed by atoms with Crippen molar-refractivity contribution in [3.63, 3.8) is 0 Å². The minimum Gasteiger partial charge on any atom is -0.462 e. The van der Waals surface area contributed by atoms with Crippen LogP contribution >= 0.6 is 0 Å². The molecular weight excluding hydrogens is 528 g/mol. The fourth-order valence-corrected chi connectivity index (χ4v) is 5.65. The normalized spacial score (nSPS) is 14.0. The van der Waals surface area contributed by atoms with E-state index >= 15 is 0 Å². The second kappa shape index (κ2) is 25.6. The Hall–Kier alpha value is -1.15.